The van der Waals surface area contributed by atoms with E-state index in [9.17, 15) is 9.90 Å². The van der Waals surface area contributed by atoms with Gasteiger partial charge in [-0.25, -0.2) is 0 Å². The second kappa shape index (κ2) is 6.06. The van der Waals surface area contributed by atoms with Crippen LogP contribution < -0.4 is 5.32 Å². The van der Waals surface area contributed by atoms with E-state index in [4.69, 9.17) is 0 Å². The van der Waals surface area contributed by atoms with Crippen LogP contribution in [0.2, 0.25) is 0 Å². The molecule has 0 saturated heterocycles. The van der Waals surface area contributed by atoms with Gasteiger partial charge in [-0.15, -0.1) is 0 Å². The monoisotopic (exact) mass is 290 g/mol. The van der Waals surface area contributed by atoms with Gasteiger partial charge in [-0.3, -0.25) is 4.79 Å². The lowest BCUT2D eigenvalue weighted by atomic mass is 9.86. The van der Waals surface area contributed by atoms with Gasteiger partial charge in [0.25, 0.3) is 0 Å². The molecule has 0 aliphatic carbocycles. The van der Waals surface area contributed by atoms with Crippen LogP contribution in [-0.2, 0) is 11.2 Å². The van der Waals surface area contributed by atoms with Crippen molar-refractivity contribution in [3.63, 3.8) is 0 Å². The fourth-order valence-electron chi connectivity index (χ4n) is 2.95. The van der Waals surface area contributed by atoms with E-state index in [0.29, 0.717) is 13.1 Å². The molecular weight excluding hydrogens is 264 g/mol. The molecule has 1 aliphatic rings. The molecule has 21 heavy (non-hydrogen) atoms. The lowest BCUT2D eigenvalue weighted by molar-refractivity contribution is -0.138. The molecule has 2 rings (SSSR count). The number of rotatable bonds is 4. The number of nitrogens with zero attached hydrogens (tertiary/aromatic N) is 1. The number of fused-ring (bicyclic) bond motifs is 1. The number of para-hydroxylation sites is 1. The Morgan fingerprint density at radius 3 is 2.71 bits per heavy atom. The predicted molar refractivity (Wildman–Crippen MR) is 85.3 cm³/mol. The summed E-state index contributed by atoms with van der Waals surface area (Å²) in [5.41, 5.74) is 1.45. The quantitative estimate of drug-likeness (QED) is 0.894. The summed E-state index contributed by atoms with van der Waals surface area (Å²) in [5, 5.41) is 13.4. The Balaban J connectivity index is 2.15. The summed E-state index contributed by atoms with van der Waals surface area (Å²) in [6, 6.07) is 8.24. The third-order valence-corrected chi connectivity index (χ3v) is 4.03. The summed E-state index contributed by atoms with van der Waals surface area (Å²) in [6.45, 7) is 8.47. The molecule has 0 saturated carbocycles. The van der Waals surface area contributed by atoms with Gasteiger partial charge in [0, 0.05) is 24.8 Å². The van der Waals surface area contributed by atoms with Crippen LogP contribution in [0.25, 0.3) is 0 Å². The van der Waals surface area contributed by atoms with Crippen LogP contribution in [0.1, 0.15) is 33.3 Å². The van der Waals surface area contributed by atoms with Gasteiger partial charge in [0.2, 0.25) is 5.91 Å². The number of carbonyl (C=O) groups is 1. The molecular formula is C17H26N2O2. The van der Waals surface area contributed by atoms with Crippen molar-refractivity contribution in [1.82, 2.24) is 4.90 Å². The second-order valence-electron chi connectivity index (χ2n) is 6.57. The lowest BCUT2D eigenvalue weighted by Gasteiger charge is -2.36. The summed E-state index contributed by atoms with van der Waals surface area (Å²) in [7, 11) is 0. The van der Waals surface area contributed by atoms with Crippen molar-refractivity contribution in [1.29, 1.82) is 0 Å². The number of amides is 1. The molecule has 1 aromatic rings. The van der Waals surface area contributed by atoms with Gasteiger partial charge in [-0.05, 0) is 45.7 Å². The first kappa shape index (κ1) is 15.8. The van der Waals surface area contributed by atoms with Crippen molar-refractivity contribution < 1.29 is 9.90 Å². The minimum atomic E-state index is -0.866. The SMILES string of the molecule is CCN(CC(C)(C)O)C(=O)C1Cc2ccccc2NC1C. The highest BCUT2D eigenvalue weighted by Gasteiger charge is 2.34. The van der Waals surface area contributed by atoms with E-state index in [1.54, 1.807) is 18.7 Å². The van der Waals surface area contributed by atoms with Gasteiger partial charge in [0.05, 0.1) is 11.5 Å². The molecule has 2 atom stereocenters. The van der Waals surface area contributed by atoms with E-state index in [1.165, 1.54) is 5.56 Å². The van der Waals surface area contributed by atoms with Gasteiger partial charge >= 0.3 is 0 Å². The molecule has 0 bridgehead atoms. The number of likely N-dealkylation sites (N-methyl/N-ethyl adjacent to an activating group) is 1. The summed E-state index contributed by atoms with van der Waals surface area (Å²) >= 11 is 0. The van der Waals surface area contributed by atoms with Crippen LogP contribution in [0.4, 0.5) is 5.69 Å². The molecule has 116 valence electrons. The average Bonchev–Trinajstić information content (AvgIpc) is 2.42. The smallest absolute Gasteiger partial charge is 0.228 e. The first-order valence-corrected chi connectivity index (χ1v) is 7.67. The number of benzene rings is 1. The maximum Gasteiger partial charge on any atom is 0.228 e. The molecule has 1 amide bonds. The molecule has 4 nitrogen and oxygen atoms in total. The number of nitrogens with one attached hydrogen (secondary N) is 1. The van der Waals surface area contributed by atoms with Gasteiger partial charge in [0.1, 0.15) is 0 Å². The number of carbonyl (C=O) groups excluding carboxylic acids is 1. The van der Waals surface area contributed by atoms with Crippen LogP contribution in [0.3, 0.4) is 0 Å². The predicted octanol–water partition coefficient (Wildman–Crippen LogP) is 2.28. The van der Waals surface area contributed by atoms with Crippen LogP contribution in [0.5, 0.6) is 0 Å². The highest BCUT2D eigenvalue weighted by atomic mass is 16.3. The Bertz CT molecular complexity index is 508. The molecule has 1 aliphatic heterocycles. The van der Waals surface area contributed by atoms with E-state index in [-0.39, 0.29) is 17.9 Å². The number of hydrogen-bond acceptors (Lipinski definition) is 3. The molecule has 0 fully saturated rings. The number of hydrogen-bond donors (Lipinski definition) is 2. The number of aliphatic hydroxyl groups is 1. The Morgan fingerprint density at radius 1 is 1.43 bits per heavy atom. The van der Waals surface area contributed by atoms with E-state index in [0.717, 1.165) is 12.1 Å². The third-order valence-electron chi connectivity index (χ3n) is 4.03. The standard InChI is InChI=1S/C17H26N2O2/c1-5-19(11-17(3,4)21)16(20)14-10-13-8-6-7-9-15(13)18-12(14)2/h6-9,12,14,18,21H,5,10-11H2,1-4H3. The van der Waals surface area contributed by atoms with Crippen LogP contribution in [0, 0.1) is 5.92 Å². The highest BCUT2D eigenvalue weighted by molar-refractivity contribution is 5.81. The third kappa shape index (κ3) is 3.76. The molecule has 1 heterocycles. The summed E-state index contributed by atoms with van der Waals surface area (Å²) in [4.78, 5) is 14.6. The minimum absolute atomic E-state index is 0.0813. The van der Waals surface area contributed by atoms with Gasteiger partial charge in [0.15, 0.2) is 0 Å². The second-order valence-corrected chi connectivity index (χ2v) is 6.57. The molecule has 0 aromatic heterocycles. The molecule has 0 radical (unpaired) electrons. The zero-order chi connectivity index (χ0) is 15.6. The fourth-order valence-corrected chi connectivity index (χ4v) is 2.95. The molecule has 2 unspecified atom stereocenters. The molecule has 0 spiro atoms. The maximum atomic E-state index is 12.8. The summed E-state index contributed by atoms with van der Waals surface area (Å²) in [6.07, 6.45) is 0.755. The van der Waals surface area contributed by atoms with E-state index in [2.05, 4.69) is 24.4 Å². The van der Waals surface area contributed by atoms with Gasteiger partial charge in [-0.1, -0.05) is 18.2 Å². The topological polar surface area (TPSA) is 52.6 Å². The zero-order valence-electron chi connectivity index (χ0n) is 13.4. The minimum Gasteiger partial charge on any atom is -0.389 e. The van der Waals surface area contributed by atoms with E-state index in [1.807, 2.05) is 19.1 Å². The summed E-state index contributed by atoms with van der Waals surface area (Å²) < 4.78 is 0. The van der Waals surface area contributed by atoms with Gasteiger partial charge in [-0.2, -0.15) is 0 Å². The zero-order valence-corrected chi connectivity index (χ0v) is 13.4. The summed E-state index contributed by atoms with van der Waals surface area (Å²) in [5.74, 6) is 0.0383. The fraction of sp³-hybridized carbons (Fsp3) is 0.588. The first-order valence-electron chi connectivity index (χ1n) is 7.67. The Labute approximate surface area is 127 Å². The van der Waals surface area contributed by atoms with Crippen molar-refractivity contribution in [2.75, 3.05) is 18.4 Å². The molecule has 4 heteroatoms. The van der Waals surface area contributed by atoms with E-state index < -0.39 is 5.60 Å². The normalized spacial score (nSPS) is 21.4. The Hall–Kier alpha value is -1.55. The number of anilines is 1. The van der Waals surface area contributed by atoms with Crippen molar-refractivity contribution in [3.05, 3.63) is 29.8 Å². The van der Waals surface area contributed by atoms with Crippen LogP contribution >= 0.6 is 0 Å². The van der Waals surface area contributed by atoms with Gasteiger partial charge < -0.3 is 15.3 Å². The lowest BCUT2D eigenvalue weighted by Crippen LogP contribution is -2.49. The molecule has 1 aromatic carbocycles. The van der Waals surface area contributed by atoms with Crippen LogP contribution in [-0.4, -0.2) is 40.6 Å². The molecule has 2 N–H and O–H groups in total. The van der Waals surface area contributed by atoms with Crippen molar-refractivity contribution in [2.45, 2.75) is 45.8 Å². The Morgan fingerprint density at radius 2 is 2.10 bits per heavy atom. The average molecular weight is 290 g/mol. The van der Waals surface area contributed by atoms with E-state index >= 15 is 0 Å². The highest BCUT2D eigenvalue weighted by Crippen LogP contribution is 2.29. The maximum absolute atomic E-state index is 12.8. The Kier molecular flexibility index (Phi) is 4.57. The largest absolute Gasteiger partial charge is 0.389 e. The van der Waals surface area contributed by atoms with Crippen molar-refractivity contribution >= 4 is 11.6 Å². The first-order chi connectivity index (χ1) is 9.81. The van der Waals surface area contributed by atoms with Crippen molar-refractivity contribution in [3.8, 4) is 0 Å². The van der Waals surface area contributed by atoms with Crippen molar-refractivity contribution in [2.24, 2.45) is 5.92 Å². The van der Waals surface area contributed by atoms with Crippen LogP contribution in [0.15, 0.2) is 24.3 Å².